The van der Waals surface area contributed by atoms with Crippen LogP contribution in [0.25, 0.3) is 22.0 Å². The molecule has 1 atom stereocenters. The van der Waals surface area contributed by atoms with Crippen molar-refractivity contribution in [1.82, 2.24) is 20.4 Å². The Labute approximate surface area is 167 Å². The first-order chi connectivity index (χ1) is 14.0. The number of ether oxygens (including phenoxy) is 1. The Balaban J connectivity index is 1.78. The maximum Gasteiger partial charge on any atom is 0.147 e. The number of nitrogens with one attached hydrogen (secondary N) is 1. The molecule has 4 aromatic rings. The molecular formula is C22H20FN5O. The van der Waals surface area contributed by atoms with E-state index in [0.717, 1.165) is 33.6 Å². The number of anilines is 1. The lowest BCUT2D eigenvalue weighted by molar-refractivity contribution is 0.418. The summed E-state index contributed by atoms with van der Waals surface area (Å²) >= 11 is 0. The zero-order chi connectivity index (χ0) is 20.4. The average Bonchev–Trinajstić information content (AvgIpc) is 2.74. The first-order valence-corrected chi connectivity index (χ1v) is 9.21. The number of nitrogens with zero attached hydrogens (tertiary/aromatic N) is 4. The van der Waals surface area contributed by atoms with Gasteiger partial charge in [-0.2, -0.15) is 15.3 Å². The van der Waals surface area contributed by atoms with E-state index >= 15 is 0 Å². The zero-order valence-corrected chi connectivity index (χ0v) is 16.3. The molecule has 0 bridgehead atoms. The topological polar surface area (TPSA) is 72.8 Å². The number of methoxy groups -OCH3 is 1. The van der Waals surface area contributed by atoms with E-state index in [2.05, 4.69) is 25.7 Å². The van der Waals surface area contributed by atoms with Crippen LogP contribution >= 0.6 is 0 Å². The molecule has 0 aliphatic rings. The molecule has 2 heterocycles. The minimum atomic E-state index is -0.275. The summed E-state index contributed by atoms with van der Waals surface area (Å²) in [7, 11) is 1.59. The van der Waals surface area contributed by atoms with Gasteiger partial charge in [0.2, 0.25) is 0 Å². The molecule has 0 saturated carbocycles. The van der Waals surface area contributed by atoms with Gasteiger partial charge in [0.25, 0.3) is 0 Å². The number of rotatable bonds is 5. The third kappa shape index (κ3) is 3.85. The van der Waals surface area contributed by atoms with Crippen LogP contribution in [0.15, 0.2) is 54.7 Å². The van der Waals surface area contributed by atoms with Gasteiger partial charge in [-0.15, -0.1) is 5.10 Å². The Morgan fingerprint density at radius 1 is 0.966 bits per heavy atom. The number of halogens is 1. The van der Waals surface area contributed by atoms with Crippen LogP contribution in [-0.4, -0.2) is 27.5 Å². The Kier molecular flexibility index (Phi) is 5.03. The van der Waals surface area contributed by atoms with E-state index in [4.69, 9.17) is 4.74 Å². The van der Waals surface area contributed by atoms with Crippen molar-refractivity contribution in [2.75, 3.05) is 12.4 Å². The number of aryl methyl sites for hydroxylation is 1. The number of benzene rings is 2. The predicted octanol–water partition coefficient (Wildman–Crippen LogP) is 4.72. The zero-order valence-electron chi connectivity index (χ0n) is 16.3. The molecule has 6 nitrogen and oxygen atoms in total. The van der Waals surface area contributed by atoms with Crippen molar-refractivity contribution in [3.63, 3.8) is 0 Å². The summed E-state index contributed by atoms with van der Waals surface area (Å²) in [5, 5.41) is 21.0. The molecule has 29 heavy (non-hydrogen) atoms. The highest BCUT2D eigenvalue weighted by Gasteiger charge is 2.15. The standard InChI is InChI=1S/C22H20FN5O/c1-13-4-9-19(27-26-13)14(2)25-20-12-24-28-22-18(20)10-16(11-21(22)29-3)15-5-7-17(23)8-6-15/h4-12,14H,1-3H3,(H,25,28)/t14-/m1/s1. The molecule has 1 N–H and O–H groups in total. The molecule has 0 fully saturated rings. The van der Waals surface area contributed by atoms with E-state index in [9.17, 15) is 4.39 Å². The van der Waals surface area contributed by atoms with Crippen LogP contribution in [0.1, 0.15) is 24.4 Å². The third-order valence-electron chi connectivity index (χ3n) is 4.74. The highest BCUT2D eigenvalue weighted by Crippen LogP contribution is 2.35. The van der Waals surface area contributed by atoms with Crippen LogP contribution in [0.4, 0.5) is 10.1 Å². The van der Waals surface area contributed by atoms with Crippen molar-refractivity contribution < 1.29 is 9.13 Å². The van der Waals surface area contributed by atoms with E-state index in [1.165, 1.54) is 12.1 Å². The van der Waals surface area contributed by atoms with Gasteiger partial charge in [0.1, 0.15) is 17.1 Å². The summed E-state index contributed by atoms with van der Waals surface area (Å²) in [5.41, 5.74) is 4.91. The molecule has 0 amide bonds. The summed E-state index contributed by atoms with van der Waals surface area (Å²) in [6.07, 6.45) is 1.67. The lowest BCUT2D eigenvalue weighted by Gasteiger charge is -2.17. The van der Waals surface area contributed by atoms with Gasteiger partial charge in [0.05, 0.1) is 36.4 Å². The molecule has 146 valence electrons. The SMILES string of the molecule is COc1cc(-c2ccc(F)cc2)cc2c(N[C@H](C)c3ccc(C)nn3)cnnc12. The summed E-state index contributed by atoms with van der Waals surface area (Å²) in [6, 6.07) is 14.0. The Hall–Kier alpha value is -3.61. The number of hydrogen-bond donors (Lipinski definition) is 1. The monoisotopic (exact) mass is 389 g/mol. The maximum atomic E-state index is 13.3. The van der Waals surface area contributed by atoms with E-state index in [0.29, 0.717) is 11.3 Å². The van der Waals surface area contributed by atoms with Crippen molar-refractivity contribution in [3.8, 4) is 16.9 Å². The van der Waals surface area contributed by atoms with Crippen molar-refractivity contribution in [2.45, 2.75) is 19.9 Å². The van der Waals surface area contributed by atoms with E-state index in [1.54, 1.807) is 25.4 Å². The molecule has 0 radical (unpaired) electrons. The lowest BCUT2D eigenvalue weighted by atomic mass is 10.0. The summed E-state index contributed by atoms with van der Waals surface area (Å²) in [4.78, 5) is 0. The van der Waals surface area contributed by atoms with Gasteiger partial charge in [-0.1, -0.05) is 12.1 Å². The summed E-state index contributed by atoms with van der Waals surface area (Å²) < 4.78 is 18.9. The van der Waals surface area contributed by atoms with Crippen molar-refractivity contribution in [2.24, 2.45) is 0 Å². The van der Waals surface area contributed by atoms with Crippen LogP contribution in [0.3, 0.4) is 0 Å². The van der Waals surface area contributed by atoms with Crippen LogP contribution in [0, 0.1) is 12.7 Å². The number of fused-ring (bicyclic) bond motifs is 1. The number of aromatic nitrogens is 4. The summed E-state index contributed by atoms with van der Waals surface area (Å²) in [5.74, 6) is 0.323. The van der Waals surface area contributed by atoms with Gasteiger partial charge in [0.15, 0.2) is 0 Å². The molecule has 0 spiro atoms. The fraction of sp³-hybridized carbons (Fsp3) is 0.182. The van der Waals surface area contributed by atoms with Gasteiger partial charge in [-0.05, 0) is 61.4 Å². The third-order valence-corrected chi connectivity index (χ3v) is 4.74. The highest BCUT2D eigenvalue weighted by atomic mass is 19.1. The largest absolute Gasteiger partial charge is 0.494 e. The molecule has 2 aromatic heterocycles. The predicted molar refractivity (Wildman–Crippen MR) is 110 cm³/mol. The van der Waals surface area contributed by atoms with Crippen molar-refractivity contribution >= 4 is 16.6 Å². The first-order valence-electron chi connectivity index (χ1n) is 9.21. The molecule has 4 rings (SSSR count). The molecule has 0 aliphatic carbocycles. The van der Waals surface area contributed by atoms with Gasteiger partial charge < -0.3 is 10.1 Å². The number of hydrogen-bond acceptors (Lipinski definition) is 6. The van der Waals surface area contributed by atoms with Crippen LogP contribution in [0.5, 0.6) is 5.75 Å². The lowest BCUT2D eigenvalue weighted by Crippen LogP contribution is -2.10. The molecular weight excluding hydrogens is 369 g/mol. The van der Waals surface area contributed by atoms with Crippen LogP contribution < -0.4 is 10.1 Å². The molecule has 0 saturated heterocycles. The van der Waals surface area contributed by atoms with Gasteiger partial charge in [-0.25, -0.2) is 4.39 Å². The van der Waals surface area contributed by atoms with E-state index in [-0.39, 0.29) is 11.9 Å². The van der Waals surface area contributed by atoms with E-state index in [1.807, 2.05) is 38.1 Å². The minimum absolute atomic E-state index is 0.0871. The minimum Gasteiger partial charge on any atom is -0.494 e. The normalized spacial score (nSPS) is 12.0. The Bertz CT molecular complexity index is 1150. The molecule has 7 heteroatoms. The smallest absolute Gasteiger partial charge is 0.147 e. The van der Waals surface area contributed by atoms with Crippen LogP contribution in [-0.2, 0) is 0 Å². The molecule has 0 aliphatic heterocycles. The first kappa shape index (κ1) is 18.7. The second-order valence-corrected chi connectivity index (χ2v) is 6.81. The second kappa shape index (κ2) is 7.79. The van der Waals surface area contributed by atoms with Gasteiger partial charge in [-0.3, -0.25) is 0 Å². The fourth-order valence-corrected chi connectivity index (χ4v) is 3.16. The quantitative estimate of drug-likeness (QED) is 0.533. The Morgan fingerprint density at radius 3 is 2.45 bits per heavy atom. The Morgan fingerprint density at radius 2 is 1.76 bits per heavy atom. The summed E-state index contributed by atoms with van der Waals surface area (Å²) in [6.45, 7) is 3.91. The fourth-order valence-electron chi connectivity index (χ4n) is 3.16. The average molecular weight is 389 g/mol. The molecule has 0 unspecified atom stereocenters. The second-order valence-electron chi connectivity index (χ2n) is 6.81. The van der Waals surface area contributed by atoms with Crippen molar-refractivity contribution in [3.05, 3.63) is 71.9 Å². The van der Waals surface area contributed by atoms with Crippen molar-refractivity contribution in [1.29, 1.82) is 0 Å². The van der Waals surface area contributed by atoms with Crippen LogP contribution in [0.2, 0.25) is 0 Å². The maximum absolute atomic E-state index is 13.3. The van der Waals surface area contributed by atoms with Gasteiger partial charge in [0, 0.05) is 5.39 Å². The van der Waals surface area contributed by atoms with E-state index < -0.39 is 0 Å². The molecule has 2 aromatic carbocycles. The van der Waals surface area contributed by atoms with Gasteiger partial charge >= 0.3 is 0 Å². The highest BCUT2D eigenvalue weighted by molar-refractivity contribution is 5.97.